The molecule has 2 aromatic carbocycles. The summed E-state index contributed by atoms with van der Waals surface area (Å²) in [5.74, 6) is -0.823. The Morgan fingerprint density at radius 3 is 2.50 bits per heavy atom. The molecule has 1 unspecified atom stereocenters. The van der Waals surface area contributed by atoms with Crippen LogP contribution in [0.2, 0.25) is 0 Å². The van der Waals surface area contributed by atoms with Crippen molar-refractivity contribution in [2.75, 3.05) is 11.1 Å². The second-order valence-corrected chi connectivity index (χ2v) is 6.46. The van der Waals surface area contributed by atoms with Gasteiger partial charge in [-0.2, -0.15) is 0 Å². The van der Waals surface area contributed by atoms with Gasteiger partial charge >= 0.3 is 0 Å². The lowest BCUT2D eigenvalue weighted by molar-refractivity contribution is -0.125. The Labute approximate surface area is 151 Å². The Bertz CT molecular complexity index is 830. The summed E-state index contributed by atoms with van der Waals surface area (Å²) in [5.41, 5.74) is 9.19. The van der Waals surface area contributed by atoms with Gasteiger partial charge in [-0.05, 0) is 42.2 Å². The minimum Gasteiger partial charge on any atom is -0.399 e. The molecule has 1 atom stereocenters. The van der Waals surface area contributed by atoms with Crippen LogP contribution in [-0.4, -0.2) is 17.7 Å². The SMILES string of the molecule is Nc1ccccc1CCC(=O)Nc1ccc(CC2CC(=O)NC2=O)cc1. The third-order valence-corrected chi connectivity index (χ3v) is 4.46. The van der Waals surface area contributed by atoms with Crippen molar-refractivity contribution in [1.82, 2.24) is 5.32 Å². The number of carbonyl (C=O) groups is 3. The largest absolute Gasteiger partial charge is 0.399 e. The first kappa shape index (κ1) is 17.7. The highest BCUT2D eigenvalue weighted by Crippen LogP contribution is 2.19. The molecule has 0 bridgehead atoms. The van der Waals surface area contributed by atoms with Crippen molar-refractivity contribution in [3.05, 3.63) is 59.7 Å². The first-order valence-corrected chi connectivity index (χ1v) is 8.57. The molecule has 1 fully saturated rings. The van der Waals surface area contributed by atoms with Crippen molar-refractivity contribution in [2.45, 2.75) is 25.7 Å². The molecule has 0 aromatic heterocycles. The maximum atomic E-state index is 12.1. The Morgan fingerprint density at radius 2 is 1.85 bits per heavy atom. The normalized spacial score (nSPS) is 16.4. The van der Waals surface area contributed by atoms with Crippen LogP contribution < -0.4 is 16.4 Å². The summed E-state index contributed by atoms with van der Waals surface area (Å²) >= 11 is 0. The second kappa shape index (κ2) is 7.82. The molecule has 1 aliphatic heterocycles. The van der Waals surface area contributed by atoms with Crippen LogP contribution >= 0.6 is 0 Å². The zero-order valence-electron chi connectivity index (χ0n) is 14.3. The molecule has 1 heterocycles. The smallest absolute Gasteiger partial charge is 0.230 e. The molecule has 2 aromatic rings. The van der Waals surface area contributed by atoms with E-state index in [2.05, 4.69) is 10.6 Å². The zero-order chi connectivity index (χ0) is 18.5. The number of aryl methyl sites for hydroxylation is 1. The molecule has 134 valence electrons. The van der Waals surface area contributed by atoms with E-state index >= 15 is 0 Å². The van der Waals surface area contributed by atoms with Crippen molar-refractivity contribution in [3.63, 3.8) is 0 Å². The van der Waals surface area contributed by atoms with E-state index in [1.165, 1.54) is 0 Å². The summed E-state index contributed by atoms with van der Waals surface area (Å²) in [6.45, 7) is 0. The highest BCUT2D eigenvalue weighted by atomic mass is 16.2. The van der Waals surface area contributed by atoms with E-state index < -0.39 is 0 Å². The van der Waals surface area contributed by atoms with Crippen molar-refractivity contribution >= 4 is 29.1 Å². The van der Waals surface area contributed by atoms with Gasteiger partial charge in [0.05, 0.1) is 5.92 Å². The number of hydrogen-bond donors (Lipinski definition) is 3. The van der Waals surface area contributed by atoms with Gasteiger partial charge in [-0.1, -0.05) is 30.3 Å². The lowest BCUT2D eigenvalue weighted by Gasteiger charge is -2.09. The summed E-state index contributed by atoms with van der Waals surface area (Å²) < 4.78 is 0. The fourth-order valence-corrected chi connectivity index (χ4v) is 3.01. The summed E-state index contributed by atoms with van der Waals surface area (Å²) in [6.07, 6.45) is 1.68. The number of nitrogens with two attached hydrogens (primary N) is 1. The zero-order valence-corrected chi connectivity index (χ0v) is 14.3. The van der Waals surface area contributed by atoms with Gasteiger partial charge in [-0.15, -0.1) is 0 Å². The number of amides is 3. The summed E-state index contributed by atoms with van der Waals surface area (Å²) in [7, 11) is 0. The van der Waals surface area contributed by atoms with E-state index in [9.17, 15) is 14.4 Å². The average Bonchev–Trinajstić information content (AvgIpc) is 2.93. The Balaban J connectivity index is 1.51. The number of rotatable bonds is 6. The predicted octanol–water partition coefficient (Wildman–Crippen LogP) is 2.05. The number of hydrogen-bond acceptors (Lipinski definition) is 4. The maximum Gasteiger partial charge on any atom is 0.230 e. The lowest BCUT2D eigenvalue weighted by Crippen LogP contribution is -2.22. The molecular weight excluding hydrogens is 330 g/mol. The molecule has 3 amide bonds. The second-order valence-electron chi connectivity index (χ2n) is 6.46. The van der Waals surface area contributed by atoms with Gasteiger partial charge in [0.1, 0.15) is 0 Å². The van der Waals surface area contributed by atoms with Crippen LogP contribution in [0.4, 0.5) is 11.4 Å². The van der Waals surface area contributed by atoms with Gasteiger partial charge in [-0.3, -0.25) is 19.7 Å². The molecule has 0 spiro atoms. The fraction of sp³-hybridized carbons (Fsp3) is 0.250. The first-order chi connectivity index (χ1) is 12.5. The van der Waals surface area contributed by atoms with E-state index in [0.717, 1.165) is 11.1 Å². The molecule has 4 N–H and O–H groups in total. The van der Waals surface area contributed by atoms with E-state index in [-0.39, 0.29) is 30.1 Å². The van der Waals surface area contributed by atoms with Crippen LogP contribution in [-0.2, 0) is 27.2 Å². The van der Waals surface area contributed by atoms with Crippen LogP contribution in [0.15, 0.2) is 48.5 Å². The lowest BCUT2D eigenvalue weighted by atomic mass is 9.98. The van der Waals surface area contributed by atoms with Crippen molar-refractivity contribution in [2.24, 2.45) is 5.92 Å². The number of anilines is 2. The molecular formula is C20H21N3O3. The quantitative estimate of drug-likeness (QED) is 0.547. The Kier molecular flexibility index (Phi) is 5.31. The van der Waals surface area contributed by atoms with Gasteiger partial charge < -0.3 is 11.1 Å². The number of benzene rings is 2. The van der Waals surface area contributed by atoms with E-state index in [1.54, 1.807) is 12.1 Å². The van der Waals surface area contributed by atoms with Crippen molar-refractivity contribution in [3.8, 4) is 0 Å². The standard InChI is InChI=1S/C20H21N3O3/c21-17-4-2-1-3-14(17)7-10-18(24)22-16-8-5-13(6-9-16)11-15-12-19(25)23-20(15)26/h1-6,8-9,15H,7,10-12,21H2,(H,22,24)(H,23,25,26). The summed E-state index contributed by atoms with van der Waals surface area (Å²) in [5, 5.41) is 5.17. The third-order valence-electron chi connectivity index (χ3n) is 4.46. The van der Waals surface area contributed by atoms with Gasteiger partial charge in [-0.25, -0.2) is 0 Å². The van der Waals surface area contributed by atoms with E-state index in [0.29, 0.717) is 30.6 Å². The molecule has 6 nitrogen and oxygen atoms in total. The highest BCUT2D eigenvalue weighted by molar-refractivity contribution is 6.03. The molecule has 6 heteroatoms. The fourth-order valence-electron chi connectivity index (χ4n) is 3.01. The van der Waals surface area contributed by atoms with Gasteiger partial charge in [0, 0.05) is 24.2 Å². The first-order valence-electron chi connectivity index (χ1n) is 8.57. The van der Waals surface area contributed by atoms with Crippen molar-refractivity contribution < 1.29 is 14.4 Å². The molecule has 0 saturated carbocycles. The number of para-hydroxylation sites is 1. The number of nitrogen functional groups attached to an aromatic ring is 1. The third kappa shape index (κ3) is 4.47. The van der Waals surface area contributed by atoms with Crippen LogP contribution in [0, 0.1) is 5.92 Å². The molecule has 26 heavy (non-hydrogen) atoms. The topological polar surface area (TPSA) is 101 Å². The van der Waals surface area contributed by atoms with Gasteiger partial charge in [0.15, 0.2) is 0 Å². The number of nitrogens with one attached hydrogen (secondary N) is 2. The van der Waals surface area contributed by atoms with Gasteiger partial charge in [0.25, 0.3) is 0 Å². The highest BCUT2D eigenvalue weighted by Gasteiger charge is 2.30. The molecule has 0 aliphatic carbocycles. The minimum absolute atomic E-state index is 0.0817. The predicted molar refractivity (Wildman–Crippen MR) is 99.2 cm³/mol. The van der Waals surface area contributed by atoms with Crippen molar-refractivity contribution in [1.29, 1.82) is 0 Å². The van der Waals surface area contributed by atoms with Gasteiger partial charge in [0.2, 0.25) is 17.7 Å². The number of imide groups is 1. The monoisotopic (exact) mass is 351 g/mol. The molecule has 1 aliphatic rings. The average molecular weight is 351 g/mol. The van der Waals surface area contributed by atoms with Crippen LogP contribution in [0.1, 0.15) is 24.0 Å². The van der Waals surface area contributed by atoms with Crippen LogP contribution in [0.25, 0.3) is 0 Å². The molecule has 3 rings (SSSR count). The summed E-state index contributed by atoms with van der Waals surface area (Å²) in [4.78, 5) is 34.9. The molecule has 0 radical (unpaired) electrons. The number of carbonyl (C=O) groups excluding carboxylic acids is 3. The molecule has 1 saturated heterocycles. The Morgan fingerprint density at radius 1 is 1.12 bits per heavy atom. The van der Waals surface area contributed by atoms with E-state index in [1.807, 2.05) is 36.4 Å². The minimum atomic E-state index is -0.306. The maximum absolute atomic E-state index is 12.1. The van der Waals surface area contributed by atoms with Crippen LogP contribution in [0.3, 0.4) is 0 Å². The summed E-state index contributed by atoms with van der Waals surface area (Å²) in [6, 6.07) is 14.8. The van der Waals surface area contributed by atoms with Crippen LogP contribution in [0.5, 0.6) is 0 Å². The Hall–Kier alpha value is -3.15. The van der Waals surface area contributed by atoms with E-state index in [4.69, 9.17) is 5.73 Å².